The van der Waals surface area contributed by atoms with E-state index in [1.165, 1.54) is 26.7 Å². The number of nitrogens with one attached hydrogen (secondary N) is 2. The molecule has 0 radical (unpaired) electrons. The molecule has 0 aliphatic heterocycles. The Kier molecular flexibility index (Phi) is 8.68. The molecule has 0 aromatic heterocycles. The summed E-state index contributed by atoms with van der Waals surface area (Å²) in [6.07, 6.45) is 3.93. The average molecular weight is 336 g/mol. The van der Waals surface area contributed by atoms with Crippen molar-refractivity contribution in [3.63, 3.8) is 0 Å². The highest BCUT2D eigenvalue weighted by molar-refractivity contribution is 5.76. The second kappa shape index (κ2) is 10.5. The summed E-state index contributed by atoms with van der Waals surface area (Å²) >= 11 is 0. The molecule has 0 heterocycles. The van der Waals surface area contributed by atoms with E-state index in [-0.39, 0.29) is 11.8 Å². The van der Waals surface area contributed by atoms with Crippen molar-refractivity contribution in [3.8, 4) is 11.5 Å². The molecule has 1 aromatic carbocycles. The van der Waals surface area contributed by atoms with Gasteiger partial charge in [0.15, 0.2) is 11.5 Å². The molecule has 0 bridgehead atoms. The van der Waals surface area contributed by atoms with Crippen LogP contribution in [0, 0.1) is 0 Å². The van der Waals surface area contributed by atoms with Crippen LogP contribution in [-0.4, -0.2) is 25.5 Å². The first-order valence-electron chi connectivity index (χ1n) is 8.32. The molecule has 1 aromatic rings. The monoisotopic (exact) mass is 336 g/mol. The fourth-order valence-corrected chi connectivity index (χ4v) is 2.30. The quantitative estimate of drug-likeness (QED) is 0.509. The highest BCUT2D eigenvalue weighted by Crippen LogP contribution is 2.30. The minimum atomic E-state index is -0.604. The van der Waals surface area contributed by atoms with Gasteiger partial charge in [-0.2, -0.15) is 0 Å². The van der Waals surface area contributed by atoms with Gasteiger partial charge in [-0.3, -0.25) is 9.59 Å². The molecule has 0 unspecified atom stereocenters. The fourth-order valence-electron chi connectivity index (χ4n) is 2.30. The molecule has 6 heteroatoms. The van der Waals surface area contributed by atoms with Gasteiger partial charge in [0.25, 0.3) is 0 Å². The molecule has 0 aliphatic carbocycles. The average Bonchev–Trinajstić information content (AvgIpc) is 2.53. The third kappa shape index (κ3) is 6.89. The molecule has 24 heavy (non-hydrogen) atoms. The van der Waals surface area contributed by atoms with Gasteiger partial charge in [0, 0.05) is 13.8 Å². The number of unbranched alkanes of at least 4 members (excludes halogenated alkanes) is 3. The maximum atomic E-state index is 11.3. The van der Waals surface area contributed by atoms with Gasteiger partial charge >= 0.3 is 0 Å². The minimum absolute atomic E-state index is 0.232. The Morgan fingerprint density at radius 3 is 2.25 bits per heavy atom. The highest BCUT2D eigenvalue weighted by atomic mass is 16.5. The van der Waals surface area contributed by atoms with Crippen LogP contribution in [0.25, 0.3) is 0 Å². The lowest BCUT2D eigenvalue weighted by Crippen LogP contribution is -2.39. The van der Waals surface area contributed by atoms with Gasteiger partial charge in [-0.15, -0.1) is 0 Å². The smallest absolute Gasteiger partial charge is 0.218 e. The van der Waals surface area contributed by atoms with E-state index in [1.54, 1.807) is 25.3 Å². The van der Waals surface area contributed by atoms with Crippen LogP contribution in [0.4, 0.5) is 0 Å². The van der Waals surface area contributed by atoms with Crippen molar-refractivity contribution in [2.24, 2.45) is 0 Å². The van der Waals surface area contributed by atoms with Gasteiger partial charge < -0.3 is 20.1 Å². The normalized spacial score (nSPS) is 10.4. The lowest BCUT2D eigenvalue weighted by Gasteiger charge is -2.20. The van der Waals surface area contributed by atoms with E-state index in [1.807, 2.05) is 0 Å². The Labute approximate surface area is 143 Å². The molecule has 2 amide bonds. The van der Waals surface area contributed by atoms with E-state index in [2.05, 4.69) is 17.6 Å². The van der Waals surface area contributed by atoms with Crippen molar-refractivity contribution in [3.05, 3.63) is 23.8 Å². The van der Waals surface area contributed by atoms with Crippen molar-refractivity contribution in [2.45, 2.75) is 52.6 Å². The Morgan fingerprint density at radius 2 is 1.71 bits per heavy atom. The van der Waals surface area contributed by atoms with Crippen LogP contribution in [-0.2, 0) is 9.59 Å². The number of benzene rings is 1. The lowest BCUT2D eigenvalue weighted by molar-refractivity contribution is -0.122. The van der Waals surface area contributed by atoms with Gasteiger partial charge in [-0.25, -0.2) is 0 Å². The van der Waals surface area contributed by atoms with Crippen molar-refractivity contribution in [1.29, 1.82) is 0 Å². The first kappa shape index (κ1) is 19.8. The molecular weight excluding hydrogens is 308 g/mol. The molecule has 0 atom stereocenters. The molecule has 2 N–H and O–H groups in total. The van der Waals surface area contributed by atoms with Crippen LogP contribution in [0.15, 0.2) is 18.2 Å². The fraction of sp³-hybridized carbons (Fsp3) is 0.556. The number of amides is 2. The van der Waals surface area contributed by atoms with Crippen LogP contribution in [0.1, 0.15) is 58.2 Å². The van der Waals surface area contributed by atoms with Gasteiger partial charge in [-0.05, 0) is 24.1 Å². The predicted octanol–water partition coefficient (Wildman–Crippen LogP) is 2.93. The minimum Gasteiger partial charge on any atom is -0.493 e. The van der Waals surface area contributed by atoms with Crippen molar-refractivity contribution in [2.75, 3.05) is 13.7 Å². The first-order chi connectivity index (χ1) is 11.5. The first-order valence-corrected chi connectivity index (χ1v) is 8.32. The number of carbonyl (C=O) groups excluding carboxylic acids is 2. The highest BCUT2D eigenvalue weighted by Gasteiger charge is 2.16. The summed E-state index contributed by atoms with van der Waals surface area (Å²) < 4.78 is 11.1. The van der Waals surface area contributed by atoms with E-state index in [0.717, 1.165) is 18.4 Å². The van der Waals surface area contributed by atoms with E-state index in [0.29, 0.717) is 18.1 Å². The summed E-state index contributed by atoms with van der Waals surface area (Å²) in [6, 6.07) is 5.36. The van der Waals surface area contributed by atoms with Crippen molar-refractivity contribution in [1.82, 2.24) is 10.6 Å². The van der Waals surface area contributed by atoms with E-state index < -0.39 is 6.17 Å². The van der Waals surface area contributed by atoms with E-state index >= 15 is 0 Å². The third-order valence-electron chi connectivity index (χ3n) is 3.47. The summed E-state index contributed by atoms with van der Waals surface area (Å²) in [5, 5.41) is 5.39. The Bertz CT molecular complexity index is 530. The number of ether oxygens (including phenoxy) is 2. The second-order valence-corrected chi connectivity index (χ2v) is 5.65. The third-order valence-corrected chi connectivity index (χ3v) is 3.47. The van der Waals surface area contributed by atoms with Crippen LogP contribution in [0.5, 0.6) is 11.5 Å². The molecule has 0 fully saturated rings. The Balaban J connectivity index is 2.82. The SMILES string of the molecule is CCCCCCOc1ccc(C(NC(C)=O)NC(C)=O)cc1OC. The number of methoxy groups -OCH3 is 1. The largest absolute Gasteiger partial charge is 0.493 e. The van der Waals surface area contributed by atoms with E-state index in [4.69, 9.17) is 9.47 Å². The zero-order valence-corrected chi connectivity index (χ0v) is 15.0. The molecular formula is C18H28N2O4. The summed E-state index contributed by atoms with van der Waals surface area (Å²) in [5.74, 6) is 0.763. The molecule has 1 rings (SSSR count). The number of carbonyl (C=O) groups is 2. The number of rotatable bonds is 10. The molecule has 6 nitrogen and oxygen atoms in total. The zero-order valence-electron chi connectivity index (χ0n) is 15.0. The summed E-state index contributed by atoms with van der Waals surface area (Å²) in [5.41, 5.74) is 0.718. The molecule has 0 saturated carbocycles. The van der Waals surface area contributed by atoms with Gasteiger partial charge in [0.05, 0.1) is 13.7 Å². The van der Waals surface area contributed by atoms with Gasteiger partial charge in [-0.1, -0.05) is 32.3 Å². The Morgan fingerprint density at radius 1 is 1.04 bits per heavy atom. The number of hydrogen-bond acceptors (Lipinski definition) is 4. The van der Waals surface area contributed by atoms with Crippen LogP contribution < -0.4 is 20.1 Å². The molecule has 0 saturated heterocycles. The topological polar surface area (TPSA) is 76.7 Å². The van der Waals surface area contributed by atoms with E-state index in [9.17, 15) is 9.59 Å². The maximum Gasteiger partial charge on any atom is 0.218 e. The standard InChI is InChI=1S/C18H28N2O4/c1-5-6-7-8-11-24-16-10-9-15(12-17(16)23-4)18(19-13(2)21)20-14(3)22/h9-10,12,18H,5-8,11H2,1-4H3,(H,19,21)(H,20,22). The molecule has 134 valence electrons. The Hall–Kier alpha value is -2.24. The summed E-state index contributed by atoms with van der Waals surface area (Å²) in [4.78, 5) is 22.7. The maximum absolute atomic E-state index is 11.3. The van der Waals surface area contributed by atoms with Gasteiger partial charge in [0.2, 0.25) is 11.8 Å². The molecule has 0 spiro atoms. The van der Waals surface area contributed by atoms with Crippen molar-refractivity contribution < 1.29 is 19.1 Å². The number of hydrogen-bond donors (Lipinski definition) is 2. The van der Waals surface area contributed by atoms with Crippen LogP contribution in [0.3, 0.4) is 0 Å². The second-order valence-electron chi connectivity index (χ2n) is 5.65. The summed E-state index contributed by atoms with van der Waals surface area (Å²) in [7, 11) is 1.56. The lowest BCUT2D eigenvalue weighted by atomic mass is 10.1. The molecule has 0 aliphatic rings. The predicted molar refractivity (Wildman–Crippen MR) is 93.0 cm³/mol. The van der Waals surface area contributed by atoms with Gasteiger partial charge in [0.1, 0.15) is 6.17 Å². The zero-order chi connectivity index (χ0) is 17.9. The summed E-state index contributed by atoms with van der Waals surface area (Å²) in [6.45, 7) is 5.61. The van der Waals surface area contributed by atoms with Crippen molar-refractivity contribution >= 4 is 11.8 Å². The van der Waals surface area contributed by atoms with Crippen LogP contribution >= 0.6 is 0 Å². The van der Waals surface area contributed by atoms with Crippen LogP contribution in [0.2, 0.25) is 0 Å².